The Morgan fingerprint density at radius 2 is 1.53 bits per heavy atom. The minimum atomic E-state index is -4.17. The molecule has 8 heteroatoms. The lowest BCUT2D eigenvalue weighted by Gasteiger charge is -2.25. The molecule has 6 nitrogen and oxygen atoms in total. The molecule has 1 rings (SSSR count). The zero-order chi connectivity index (χ0) is 24.0. The maximum atomic E-state index is 13.3. The van der Waals surface area contributed by atoms with Crippen LogP contribution in [-0.2, 0) is 34.3 Å². The van der Waals surface area contributed by atoms with E-state index in [1.54, 1.807) is 33.8 Å². The van der Waals surface area contributed by atoms with Gasteiger partial charge < -0.3 is 9.05 Å². The molecule has 0 aliphatic heterocycles. The van der Waals surface area contributed by atoms with Gasteiger partial charge in [0.05, 0.1) is 19.3 Å². The Morgan fingerprint density at radius 3 is 2.06 bits per heavy atom. The number of aryl methyl sites for hydroxylation is 1. The summed E-state index contributed by atoms with van der Waals surface area (Å²) in [6.45, 7) is 8.90. The van der Waals surface area contributed by atoms with Crippen molar-refractivity contribution in [1.82, 2.24) is 0 Å². The third kappa shape index (κ3) is 10.3. The molecule has 0 fully saturated rings. The van der Waals surface area contributed by atoms with Crippen molar-refractivity contribution in [2.24, 2.45) is 0 Å². The lowest BCUT2D eigenvalue weighted by atomic mass is 10.0. The summed E-state index contributed by atoms with van der Waals surface area (Å²) in [5.74, 6) is 0. The number of hydrogen-bond donors (Lipinski definition) is 0. The molecule has 184 valence electrons. The second kappa shape index (κ2) is 15.0. The first-order valence-electron chi connectivity index (χ1n) is 11.7. The van der Waals surface area contributed by atoms with E-state index in [9.17, 15) is 13.0 Å². The first kappa shape index (κ1) is 29.1. The summed E-state index contributed by atoms with van der Waals surface area (Å²) < 4.78 is 54.6. The Hall–Kier alpha value is -0.980. The summed E-state index contributed by atoms with van der Waals surface area (Å²) in [6, 6.07) is 8.22. The van der Waals surface area contributed by atoms with Crippen molar-refractivity contribution in [2.45, 2.75) is 90.7 Å². The third-order valence-corrected chi connectivity index (χ3v) is 10.0. The van der Waals surface area contributed by atoms with Crippen LogP contribution in [0.5, 0.6) is 0 Å². The van der Waals surface area contributed by atoms with E-state index in [1.807, 2.05) is 18.2 Å². The predicted octanol–water partition coefficient (Wildman–Crippen LogP) is 6.95. The first-order valence-corrected chi connectivity index (χ1v) is 14.8. The predicted molar refractivity (Wildman–Crippen MR) is 132 cm³/mol. The Labute approximate surface area is 195 Å². The van der Waals surface area contributed by atoms with Crippen molar-refractivity contribution >= 4 is 23.8 Å². The quantitative estimate of drug-likeness (QED) is 0.134. The highest BCUT2D eigenvalue weighted by atomic mass is 32.2. The van der Waals surface area contributed by atoms with Crippen LogP contribution in [0.3, 0.4) is 0 Å². The third-order valence-electron chi connectivity index (χ3n) is 4.83. The molecule has 0 saturated heterocycles. The molecule has 0 aromatic heterocycles. The normalized spacial score (nSPS) is 13.8. The molecular formula is C24H41O6PS. The Kier molecular flexibility index (Phi) is 13.6. The van der Waals surface area contributed by atoms with Crippen molar-refractivity contribution < 1.29 is 26.2 Å². The van der Waals surface area contributed by atoms with Crippen LogP contribution in [0.1, 0.15) is 84.3 Å². The van der Waals surface area contributed by atoms with E-state index in [2.05, 4.69) is 19.1 Å². The number of unbranched alkanes of at least 4 members (excludes halogenated alkanes) is 4. The van der Waals surface area contributed by atoms with Crippen LogP contribution >= 0.6 is 7.60 Å². The van der Waals surface area contributed by atoms with Crippen molar-refractivity contribution in [2.75, 3.05) is 13.2 Å². The molecule has 0 radical (unpaired) electrons. The highest BCUT2D eigenvalue weighted by Gasteiger charge is 2.45. The van der Waals surface area contributed by atoms with Crippen LogP contribution in [0.25, 0.3) is 6.08 Å². The van der Waals surface area contributed by atoms with E-state index in [-0.39, 0.29) is 19.6 Å². The van der Waals surface area contributed by atoms with E-state index in [0.717, 1.165) is 12.0 Å². The van der Waals surface area contributed by atoms with Gasteiger partial charge in [0.2, 0.25) is 0 Å². The second-order valence-corrected chi connectivity index (χ2v) is 12.3. The fraction of sp³-hybridized carbons (Fsp3) is 0.667. The van der Waals surface area contributed by atoms with E-state index in [4.69, 9.17) is 13.2 Å². The molecule has 32 heavy (non-hydrogen) atoms. The summed E-state index contributed by atoms with van der Waals surface area (Å²) in [6.07, 6.45) is 10.2. The molecular weight excluding hydrogens is 447 g/mol. The highest BCUT2D eigenvalue weighted by Crippen LogP contribution is 2.56. The molecule has 0 heterocycles. The van der Waals surface area contributed by atoms with Gasteiger partial charge in [-0.05, 0) is 58.1 Å². The van der Waals surface area contributed by atoms with E-state index >= 15 is 0 Å². The number of allylic oxidation sites excluding steroid dienone is 1. The van der Waals surface area contributed by atoms with Gasteiger partial charge >= 0.3 is 7.60 Å². The number of rotatable bonds is 17. The molecule has 1 atom stereocenters. The van der Waals surface area contributed by atoms with Crippen LogP contribution in [0, 0.1) is 0 Å². The van der Waals surface area contributed by atoms with E-state index < -0.39 is 28.8 Å². The van der Waals surface area contributed by atoms with Gasteiger partial charge in [-0.2, -0.15) is 8.42 Å². The van der Waals surface area contributed by atoms with Crippen molar-refractivity contribution in [3.63, 3.8) is 0 Å². The Bertz CT molecular complexity index is 807. The zero-order valence-corrected chi connectivity index (χ0v) is 22.0. The summed E-state index contributed by atoms with van der Waals surface area (Å²) in [7, 11) is -8.09. The average molecular weight is 489 g/mol. The minimum absolute atomic E-state index is 0.0362. The average Bonchev–Trinajstić information content (AvgIpc) is 2.71. The molecule has 1 aromatic carbocycles. The van der Waals surface area contributed by atoms with E-state index in [1.165, 1.54) is 37.7 Å². The van der Waals surface area contributed by atoms with Crippen molar-refractivity contribution in [3.8, 4) is 0 Å². The molecule has 1 aromatic rings. The summed E-state index contributed by atoms with van der Waals surface area (Å²) in [5, 5.41) is 0. The van der Waals surface area contributed by atoms with Gasteiger partial charge in [0.15, 0.2) is 4.99 Å². The largest absolute Gasteiger partial charge is 0.351 e. The van der Waals surface area contributed by atoms with Crippen molar-refractivity contribution in [3.05, 3.63) is 41.5 Å². The van der Waals surface area contributed by atoms with Crippen LogP contribution in [0.4, 0.5) is 0 Å². The molecule has 1 unspecified atom stereocenters. The molecule has 0 aliphatic rings. The molecule has 0 saturated carbocycles. The number of hydrogen-bond acceptors (Lipinski definition) is 6. The topological polar surface area (TPSA) is 78.9 Å². The molecule has 0 amide bonds. The molecule has 0 spiro atoms. The molecule has 0 N–H and O–H groups in total. The number of benzene rings is 1. The second-order valence-electron chi connectivity index (χ2n) is 8.01. The van der Waals surface area contributed by atoms with Crippen LogP contribution in [0.15, 0.2) is 30.3 Å². The Morgan fingerprint density at radius 1 is 0.938 bits per heavy atom. The van der Waals surface area contributed by atoms with Gasteiger partial charge in [-0.25, -0.2) is 0 Å². The van der Waals surface area contributed by atoms with Gasteiger partial charge in [0.25, 0.3) is 10.1 Å². The maximum Gasteiger partial charge on any atom is 0.351 e. The molecule has 0 aliphatic carbocycles. The SMILES string of the molecule is CCCCCCCc1ccc(C=CCC(P(=O)(OCC)OCC)S(=O)(=O)OC(C)C)cc1. The lowest BCUT2D eigenvalue weighted by molar-refractivity contribution is 0.211. The fourth-order valence-electron chi connectivity index (χ4n) is 3.35. The lowest BCUT2D eigenvalue weighted by Crippen LogP contribution is -2.27. The smallest absolute Gasteiger partial charge is 0.308 e. The van der Waals surface area contributed by atoms with Gasteiger partial charge in [0, 0.05) is 0 Å². The first-order chi connectivity index (χ1) is 15.2. The summed E-state index contributed by atoms with van der Waals surface area (Å²) >= 11 is 0. The van der Waals surface area contributed by atoms with Crippen LogP contribution < -0.4 is 0 Å². The monoisotopic (exact) mass is 488 g/mol. The van der Waals surface area contributed by atoms with Crippen LogP contribution in [0.2, 0.25) is 0 Å². The van der Waals surface area contributed by atoms with Gasteiger partial charge in [-0.15, -0.1) is 0 Å². The fourth-order valence-corrected chi connectivity index (χ4v) is 7.65. The van der Waals surface area contributed by atoms with Crippen LogP contribution in [-0.4, -0.2) is 32.7 Å². The van der Waals surface area contributed by atoms with Gasteiger partial charge in [-0.1, -0.05) is 69.0 Å². The maximum absolute atomic E-state index is 13.3. The van der Waals surface area contributed by atoms with E-state index in [0.29, 0.717) is 0 Å². The van der Waals surface area contributed by atoms with Gasteiger partial charge in [0.1, 0.15) is 0 Å². The molecule has 0 bridgehead atoms. The summed E-state index contributed by atoms with van der Waals surface area (Å²) in [5.41, 5.74) is 2.24. The zero-order valence-electron chi connectivity index (χ0n) is 20.3. The summed E-state index contributed by atoms with van der Waals surface area (Å²) in [4.78, 5) is -1.42. The van der Waals surface area contributed by atoms with Gasteiger partial charge in [-0.3, -0.25) is 8.75 Å². The van der Waals surface area contributed by atoms with Crippen molar-refractivity contribution in [1.29, 1.82) is 0 Å². The standard InChI is InChI=1S/C24H41O6PS/c1-6-9-10-11-12-14-22-17-19-23(20-18-22)15-13-16-24(32(26,27)30-21(4)5)31(25,28-7-2)29-8-3/h13,15,17-21,24H,6-12,14,16H2,1-5H3. The Balaban J connectivity index is 2.89. The minimum Gasteiger partial charge on any atom is -0.308 e. The highest BCUT2D eigenvalue weighted by molar-refractivity contribution is 7.94.